The van der Waals surface area contributed by atoms with Gasteiger partial charge in [-0.15, -0.1) is 0 Å². The van der Waals surface area contributed by atoms with Gasteiger partial charge in [0.1, 0.15) is 0 Å². The number of halogens is 2. The zero-order valence-electron chi connectivity index (χ0n) is 10.6. The second-order valence-electron chi connectivity index (χ2n) is 5.82. The third-order valence-corrected chi connectivity index (χ3v) is 6.98. The fourth-order valence-corrected chi connectivity index (χ4v) is 4.32. The molecule has 0 aliphatic heterocycles. The summed E-state index contributed by atoms with van der Waals surface area (Å²) < 4.78 is 0. The van der Waals surface area contributed by atoms with Crippen LogP contribution in [0.25, 0.3) is 0 Å². The molecule has 2 rings (SSSR count). The van der Waals surface area contributed by atoms with Crippen LogP contribution in [-0.4, -0.2) is 4.83 Å². The number of alkyl halides is 1. The van der Waals surface area contributed by atoms with Crippen LogP contribution >= 0.6 is 31.9 Å². The van der Waals surface area contributed by atoms with Gasteiger partial charge >= 0.3 is 0 Å². The molecule has 1 unspecified atom stereocenters. The molecule has 1 spiro atoms. The predicted octanol–water partition coefficient (Wildman–Crippen LogP) is 5.74. The zero-order chi connectivity index (χ0) is 12.7. The average Bonchev–Trinajstić information content (AvgIpc) is 2.33. The lowest BCUT2D eigenvalue weighted by Gasteiger charge is -2.54. The first-order chi connectivity index (χ1) is 7.94. The van der Waals surface area contributed by atoms with Gasteiger partial charge in [-0.05, 0) is 41.7 Å². The van der Waals surface area contributed by atoms with Gasteiger partial charge in [0.05, 0.1) is 0 Å². The Morgan fingerprint density at radius 1 is 1.41 bits per heavy atom. The van der Waals surface area contributed by atoms with E-state index in [1.807, 2.05) is 4.99 Å². The fourth-order valence-electron chi connectivity index (χ4n) is 3.30. The maximum Gasteiger partial charge on any atom is 0.0211 e. The Hall–Kier alpha value is 0.180. The first-order valence-electron chi connectivity index (χ1n) is 6.25. The highest BCUT2D eigenvalue weighted by Gasteiger charge is 2.51. The van der Waals surface area contributed by atoms with Gasteiger partial charge in [0.15, 0.2) is 0 Å². The highest BCUT2D eigenvalue weighted by Crippen LogP contribution is 2.60. The lowest BCUT2D eigenvalue weighted by Crippen LogP contribution is -2.47. The van der Waals surface area contributed by atoms with E-state index in [2.05, 4.69) is 64.4 Å². The number of hydrogen-bond acceptors (Lipinski definition) is 0. The van der Waals surface area contributed by atoms with E-state index in [4.69, 9.17) is 0 Å². The molecule has 0 amide bonds. The van der Waals surface area contributed by atoms with E-state index in [1.54, 1.807) is 0 Å². The molecule has 2 aliphatic carbocycles. The van der Waals surface area contributed by atoms with Gasteiger partial charge in [0.25, 0.3) is 0 Å². The summed E-state index contributed by atoms with van der Waals surface area (Å²) in [6.45, 7) is 9.13. The Morgan fingerprint density at radius 2 is 2.12 bits per heavy atom. The van der Waals surface area contributed by atoms with Crippen LogP contribution in [0.3, 0.4) is 0 Å². The molecule has 1 saturated carbocycles. The topological polar surface area (TPSA) is 0 Å². The molecule has 0 bridgehead atoms. The Balaban J connectivity index is 2.43. The van der Waals surface area contributed by atoms with Crippen molar-refractivity contribution in [3.8, 4) is 0 Å². The molecule has 0 radical (unpaired) electrons. The SMILES string of the molecule is C=C1CCC(Br)C(C)(C)[C@@]12C=C/C(=C\Br)CC2. The first-order valence-corrected chi connectivity index (χ1v) is 8.08. The summed E-state index contributed by atoms with van der Waals surface area (Å²) in [6, 6.07) is 0. The summed E-state index contributed by atoms with van der Waals surface area (Å²) in [5.74, 6) is 0. The van der Waals surface area contributed by atoms with Gasteiger partial charge in [-0.25, -0.2) is 0 Å². The van der Waals surface area contributed by atoms with E-state index in [1.165, 1.54) is 24.0 Å². The van der Waals surface area contributed by atoms with Crippen LogP contribution in [-0.2, 0) is 0 Å². The van der Waals surface area contributed by atoms with Crippen molar-refractivity contribution in [2.75, 3.05) is 0 Å². The largest absolute Gasteiger partial charge is 0.0990 e. The van der Waals surface area contributed by atoms with Crippen molar-refractivity contribution in [2.24, 2.45) is 10.8 Å². The summed E-state index contributed by atoms with van der Waals surface area (Å²) in [7, 11) is 0. The molecule has 0 aromatic heterocycles. The Morgan fingerprint density at radius 3 is 2.65 bits per heavy atom. The van der Waals surface area contributed by atoms with Crippen LogP contribution in [0.1, 0.15) is 39.5 Å². The van der Waals surface area contributed by atoms with Crippen LogP contribution in [0, 0.1) is 10.8 Å². The van der Waals surface area contributed by atoms with Crippen molar-refractivity contribution < 1.29 is 0 Å². The minimum atomic E-state index is 0.179. The molecule has 2 atom stereocenters. The van der Waals surface area contributed by atoms with Gasteiger partial charge in [-0.3, -0.25) is 0 Å². The molecule has 2 heteroatoms. The van der Waals surface area contributed by atoms with Crippen molar-refractivity contribution in [3.63, 3.8) is 0 Å². The van der Waals surface area contributed by atoms with Crippen LogP contribution in [0.4, 0.5) is 0 Å². The number of hydrogen-bond donors (Lipinski definition) is 0. The maximum atomic E-state index is 4.37. The van der Waals surface area contributed by atoms with Crippen molar-refractivity contribution in [2.45, 2.75) is 44.4 Å². The zero-order valence-corrected chi connectivity index (χ0v) is 13.8. The Kier molecular flexibility index (Phi) is 3.76. The molecule has 0 N–H and O–H groups in total. The molecule has 1 fully saturated rings. The van der Waals surface area contributed by atoms with Gasteiger partial charge in [0.2, 0.25) is 0 Å². The summed E-state index contributed by atoms with van der Waals surface area (Å²) in [4.78, 5) is 2.63. The van der Waals surface area contributed by atoms with E-state index in [0.29, 0.717) is 4.83 Å². The van der Waals surface area contributed by atoms with Crippen molar-refractivity contribution in [3.05, 3.63) is 34.9 Å². The lowest BCUT2D eigenvalue weighted by atomic mass is 9.52. The molecule has 0 aromatic rings. The van der Waals surface area contributed by atoms with Crippen LogP contribution < -0.4 is 0 Å². The Bertz CT molecular complexity index is 390. The number of rotatable bonds is 0. The highest BCUT2D eigenvalue weighted by atomic mass is 79.9. The van der Waals surface area contributed by atoms with Crippen molar-refractivity contribution in [1.29, 1.82) is 0 Å². The summed E-state index contributed by atoms with van der Waals surface area (Å²) in [5.41, 5.74) is 3.23. The molecule has 0 saturated heterocycles. The van der Waals surface area contributed by atoms with Gasteiger partial charge in [-0.1, -0.05) is 70.0 Å². The van der Waals surface area contributed by atoms with E-state index in [9.17, 15) is 0 Å². The first kappa shape index (κ1) is 13.6. The summed E-state index contributed by atoms with van der Waals surface area (Å²) >= 11 is 7.32. The van der Waals surface area contributed by atoms with Crippen LogP contribution in [0.5, 0.6) is 0 Å². The second kappa shape index (κ2) is 4.70. The molecular weight excluding hydrogens is 340 g/mol. The lowest BCUT2D eigenvalue weighted by molar-refractivity contribution is 0.115. The van der Waals surface area contributed by atoms with Crippen LogP contribution in [0.15, 0.2) is 34.9 Å². The molecular formula is C15H20Br2. The molecule has 17 heavy (non-hydrogen) atoms. The molecule has 94 valence electrons. The average molecular weight is 360 g/mol. The maximum absolute atomic E-state index is 4.37. The normalized spacial score (nSPS) is 38.9. The van der Waals surface area contributed by atoms with Crippen molar-refractivity contribution in [1.82, 2.24) is 0 Å². The van der Waals surface area contributed by atoms with Gasteiger partial charge in [-0.2, -0.15) is 0 Å². The summed E-state index contributed by atoms with van der Waals surface area (Å²) in [6.07, 6.45) is 9.37. The van der Waals surface area contributed by atoms with E-state index >= 15 is 0 Å². The Labute approximate surface area is 122 Å². The minimum absolute atomic E-state index is 0.179. The quantitative estimate of drug-likeness (QED) is 0.382. The van der Waals surface area contributed by atoms with E-state index in [0.717, 1.165) is 12.8 Å². The standard InChI is InChI=1S/C15H20Br2/c1-11-4-5-13(17)14(2,3)15(11)8-6-12(10-16)7-9-15/h6,8,10,13H,1,4-5,7,9H2,2-3H3/b12-10+/t13?,15-/m1/s1. The predicted molar refractivity (Wildman–Crippen MR) is 82.7 cm³/mol. The monoisotopic (exact) mass is 358 g/mol. The van der Waals surface area contributed by atoms with E-state index in [-0.39, 0.29) is 10.8 Å². The molecule has 0 aromatic carbocycles. The van der Waals surface area contributed by atoms with Gasteiger partial charge < -0.3 is 0 Å². The molecule has 2 aliphatic rings. The third kappa shape index (κ3) is 2.02. The highest BCUT2D eigenvalue weighted by molar-refractivity contribution is 9.11. The molecule has 0 heterocycles. The van der Waals surface area contributed by atoms with Gasteiger partial charge in [0, 0.05) is 10.2 Å². The summed E-state index contributed by atoms with van der Waals surface area (Å²) in [5, 5.41) is 0. The third-order valence-electron chi connectivity index (χ3n) is 4.79. The minimum Gasteiger partial charge on any atom is -0.0990 e. The second-order valence-corrected chi connectivity index (χ2v) is 7.38. The van der Waals surface area contributed by atoms with Crippen molar-refractivity contribution >= 4 is 31.9 Å². The number of allylic oxidation sites excluding steroid dienone is 4. The van der Waals surface area contributed by atoms with Crippen LogP contribution in [0.2, 0.25) is 0 Å². The smallest absolute Gasteiger partial charge is 0.0211 e. The van der Waals surface area contributed by atoms with E-state index < -0.39 is 0 Å². The molecule has 0 nitrogen and oxygen atoms in total. The fraction of sp³-hybridized carbons (Fsp3) is 0.600.